The quantitative estimate of drug-likeness (QED) is 0.0982. The fourth-order valence-electron chi connectivity index (χ4n) is 5.00. The van der Waals surface area contributed by atoms with Crippen LogP contribution in [-0.2, 0) is 31.6 Å². The highest BCUT2D eigenvalue weighted by molar-refractivity contribution is 7.98. The van der Waals surface area contributed by atoms with E-state index in [1.807, 2.05) is 18.2 Å². The SMILES string of the molecule is C=CCn1c(SCc2ccc(C(=O)Nc3ncc(Cc4cc(Cl)ccc4Cl)s3)cc2)nc2sc3c(c2c1=O)CCCC3. The molecule has 42 heavy (non-hydrogen) atoms. The number of nitrogens with one attached hydrogen (secondary N) is 1. The van der Waals surface area contributed by atoms with Gasteiger partial charge in [-0.05, 0) is 72.7 Å². The molecule has 3 heterocycles. The van der Waals surface area contributed by atoms with Gasteiger partial charge in [0, 0.05) is 50.3 Å². The fraction of sp³-hybridized carbons (Fsp3) is 0.226. The monoisotopic (exact) mass is 652 g/mol. The number of thiazole rings is 1. The Labute approximate surface area is 265 Å². The number of benzene rings is 2. The van der Waals surface area contributed by atoms with Gasteiger partial charge >= 0.3 is 0 Å². The van der Waals surface area contributed by atoms with Crippen molar-refractivity contribution in [2.24, 2.45) is 0 Å². The minimum atomic E-state index is -0.232. The number of allylic oxidation sites excluding steroid dienone is 1. The molecule has 3 aromatic heterocycles. The second-order valence-electron chi connectivity index (χ2n) is 9.97. The van der Waals surface area contributed by atoms with E-state index in [1.165, 1.54) is 40.0 Å². The minimum Gasteiger partial charge on any atom is -0.298 e. The number of halogens is 2. The molecule has 1 amide bonds. The molecule has 2 aromatic carbocycles. The molecule has 11 heteroatoms. The first kappa shape index (κ1) is 29.1. The van der Waals surface area contributed by atoms with E-state index in [-0.39, 0.29) is 11.5 Å². The first-order valence-corrected chi connectivity index (χ1v) is 16.8. The van der Waals surface area contributed by atoms with Crippen LogP contribution >= 0.6 is 57.6 Å². The number of carbonyl (C=O) groups excluding carboxylic acids is 1. The van der Waals surface area contributed by atoms with Crippen LogP contribution in [0.2, 0.25) is 10.0 Å². The number of fused-ring (bicyclic) bond motifs is 3. The van der Waals surface area contributed by atoms with Crippen LogP contribution in [0.3, 0.4) is 0 Å². The Morgan fingerprint density at radius 2 is 1.93 bits per heavy atom. The Morgan fingerprint density at radius 3 is 2.74 bits per heavy atom. The lowest BCUT2D eigenvalue weighted by Gasteiger charge is -2.12. The van der Waals surface area contributed by atoms with Crippen LogP contribution in [0, 0.1) is 0 Å². The molecule has 0 atom stereocenters. The lowest BCUT2D eigenvalue weighted by molar-refractivity contribution is 0.102. The first-order chi connectivity index (χ1) is 20.4. The average Bonchev–Trinajstić information content (AvgIpc) is 3.59. The molecule has 0 spiro atoms. The van der Waals surface area contributed by atoms with Crippen molar-refractivity contribution in [3.63, 3.8) is 0 Å². The van der Waals surface area contributed by atoms with Crippen molar-refractivity contribution in [2.45, 2.75) is 49.6 Å². The van der Waals surface area contributed by atoms with Crippen LogP contribution in [0.1, 0.15) is 49.6 Å². The van der Waals surface area contributed by atoms with Gasteiger partial charge in [-0.2, -0.15) is 0 Å². The number of anilines is 1. The molecule has 214 valence electrons. The second-order valence-corrected chi connectivity index (χ2v) is 14.0. The van der Waals surface area contributed by atoms with Crippen molar-refractivity contribution < 1.29 is 4.79 Å². The molecule has 0 fully saturated rings. The normalized spacial score (nSPS) is 12.8. The van der Waals surface area contributed by atoms with Crippen LogP contribution in [0.25, 0.3) is 10.2 Å². The summed E-state index contributed by atoms with van der Waals surface area (Å²) in [5, 5.41) is 6.14. The van der Waals surface area contributed by atoms with E-state index in [0.717, 1.165) is 45.5 Å². The van der Waals surface area contributed by atoms with Gasteiger partial charge in [0.25, 0.3) is 11.5 Å². The summed E-state index contributed by atoms with van der Waals surface area (Å²) in [6, 6.07) is 12.8. The summed E-state index contributed by atoms with van der Waals surface area (Å²) in [7, 11) is 0. The van der Waals surface area contributed by atoms with Crippen molar-refractivity contribution in [1.29, 1.82) is 0 Å². The summed E-state index contributed by atoms with van der Waals surface area (Å²) in [4.78, 5) is 38.7. The number of aromatic nitrogens is 3. The number of amides is 1. The number of aryl methyl sites for hydroxylation is 2. The molecule has 0 bridgehead atoms. The van der Waals surface area contributed by atoms with Gasteiger partial charge in [-0.25, -0.2) is 9.97 Å². The summed E-state index contributed by atoms with van der Waals surface area (Å²) >= 11 is 17.0. The molecule has 0 saturated heterocycles. The fourth-order valence-corrected chi connectivity index (χ4v) is 8.48. The van der Waals surface area contributed by atoms with E-state index in [1.54, 1.807) is 52.4 Å². The lowest BCUT2D eigenvalue weighted by atomic mass is 9.97. The number of thiophene rings is 1. The Kier molecular flexibility index (Phi) is 8.83. The summed E-state index contributed by atoms with van der Waals surface area (Å²) in [5.74, 6) is 0.383. The highest BCUT2D eigenvalue weighted by Gasteiger charge is 2.22. The minimum absolute atomic E-state index is 0.0230. The number of nitrogens with zero attached hydrogens (tertiary/aromatic N) is 3. The van der Waals surface area contributed by atoms with E-state index in [2.05, 4.69) is 16.9 Å². The summed E-state index contributed by atoms with van der Waals surface area (Å²) in [5.41, 5.74) is 3.68. The van der Waals surface area contributed by atoms with Crippen LogP contribution in [0.4, 0.5) is 5.13 Å². The third-order valence-electron chi connectivity index (χ3n) is 7.08. The van der Waals surface area contributed by atoms with E-state index in [4.69, 9.17) is 28.2 Å². The molecule has 6 nitrogen and oxygen atoms in total. The van der Waals surface area contributed by atoms with Gasteiger partial charge in [0.1, 0.15) is 4.83 Å². The van der Waals surface area contributed by atoms with Gasteiger partial charge in [0.05, 0.1) is 5.39 Å². The number of carbonyl (C=O) groups is 1. The zero-order valence-corrected chi connectivity index (χ0v) is 26.5. The van der Waals surface area contributed by atoms with Gasteiger partial charge in [-0.15, -0.1) is 29.3 Å². The Morgan fingerprint density at radius 1 is 1.12 bits per heavy atom. The van der Waals surface area contributed by atoms with E-state index in [9.17, 15) is 9.59 Å². The summed E-state index contributed by atoms with van der Waals surface area (Å²) < 4.78 is 1.73. The first-order valence-electron chi connectivity index (χ1n) is 13.5. The number of hydrogen-bond donors (Lipinski definition) is 1. The zero-order chi connectivity index (χ0) is 29.2. The van der Waals surface area contributed by atoms with Crippen molar-refractivity contribution in [2.75, 3.05) is 5.32 Å². The standard InChI is InChI=1S/C31H26Cl2N4O2S3/c1-2-13-37-29(39)26-23-5-3-4-6-25(23)42-28(26)36-31(37)40-17-18-7-9-19(10-8-18)27(38)35-30-34-16-22(41-30)15-20-14-21(32)11-12-24(20)33/h2,7-12,14,16H,1,3-6,13,15,17H2,(H,34,35,38). The third-order valence-corrected chi connectivity index (χ3v) is 10.8. The number of rotatable bonds is 9. The van der Waals surface area contributed by atoms with Gasteiger partial charge in [0.15, 0.2) is 10.3 Å². The maximum atomic E-state index is 13.5. The largest absolute Gasteiger partial charge is 0.298 e. The van der Waals surface area contributed by atoms with Crippen molar-refractivity contribution in [3.8, 4) is 0 Å². The van der Waals surface area contributed by atoms with Crippen LogP contribution in [0.5, 0.6) is 0 Å². The van der Waals surface area contributed by atoms with Crippen LogP contribution in [-0.4, -0.2) is 20.4 Å². The molecular weight excluding hydrogens is 627 g/mol. The number of thioether (sulfide) groups is 1. The van der Waals surface area contributed by atoms with Crippen molar-refractivity contribution in [3.05, 3.63) is 114 Å². The summed E-state index contributed by atoms with van der Waals surface area (Å²) in [6.45, 7) is 4.26. The predicted molar refractivity (Wildman–Crippen MR) is 176 cm³/mol. The Hall–Kier alpha value is -2.95. The van der Waals surface area contributed by atoms with Gasteiger partial charge in [-0.1, -0.05) is 53.2 Å². The predicted octanol–water partition coefficient (Wildman–Crippen LogP) is 8.42. The highest BCUT2D eigenvalue weighted by atomic mass is 35.5. The molecule has 1 N–H and O–H groups in total. The average molecular weight is 654 g/mol. The topological polar surface area (TPSA) is 76.9 Å². The second kappa shape index (κ2) is 12.7. The van der Waals surface area contributed by atoms with Gasteiger partial charge < -0.3 is 0 Å². The zero-order valence-electron chi connectivity index (χ0n) is 22.5. The molecule has 5 aromatic rings. The molecule has 1 aliphatic carbocycles. The smallest absolute Gasteiger partial charge is 0.263 e. The number of hydrogen-bond acceptors (Lipinski definition) is 7. The molecule has 6 rings (SSSR count). The van der Waals surface area contributed by atoms with Crippen molar-refractivity contribution in [1.82, 2.24) is 14.5 Å². The maximum absolute atomic E-state index is 13.5. The Balaban J connectivity index is 1.12. The molecule has 0 radical (unpaired) electrons. The van der Waals surface area contributed by atoms with E-state index in [0.29, 0.717) is 44.6 Å². The van der Waals surface area contributed by atoms with Crippen LogP contribution < -0.4 is 10.9 Å². The highest BCUT2D eigenvalue weighted by Crippen LogP contribution is 2.35. The third kappa shape index (κ3) is 6.21. The molecule has 0 unspecified atom stereocenters. The van der Waals surface area contributed by atoms with Gasteiger partial charge in [-0.3, -0.25) is 19.5 Å². The maximum Gasteiger partial charge on any atom is 0.263 e. The summed E-state index contributed by atoms with van der Waals surface area (Å²) in [6.07, 6.45) is 8.32. The van der Waals surface area contributed by atoms with Crippen LogP contribution in [0.15, 0.2) is 71.3 Å². The van der Waals surface area contributed by atoms with Crippen molar-refractivity contribution >= 4 is 78.9 Å². The lowest BCUT2D eigenvalue weighted by Crippen LogP contribution is -2.23. The molecule has 1 aliphatic rings. The molecule has 0 aliphatic heterocycles. The molecular formula is C31H26Cl2N4O2S3. The van der Waals surface area contributed by atoms with Gasteiger partial charge in [0.2, 0.25) is 0 Å². The molecule has 0 saturated carbocycles. The van der Waals surface area contributed by atoms with E-state index >= 15 is 0 Å². The van der Waals surface area contributed by atoms with E-state index < -0.39 is 0 Å². The Bertz CT molecular complexity index is 1860.